The fraction of sp³-hybridized carbons (Fsp3) is 0.455. The third-order valence-electron chi connectivity index (χ3n) is 2.44. The predicted octanol–water partition coefficient (Wildman–Crippen LogP) is 3.30. The van der Waals surface area contributed by atoms with Crippen LogP contribution in [0.5, 0.6) is 0 Å². The van der Waals surface area contributed by atoms with Gasteiger partial charge in [-0.2, -0.15) is 0 Å². The van der Waals surface area contributed by atoms with Crippen molar-refractivity contribution < 1.29 is 13.9 Å². The minimum absolute atomic E-state index is 0.0373. The monoisotopic (exact) mass is 293 g/mol. The zero-order valence-corrected chi connectivity index (χ0v) is 10.9. The van der Waals surface area contributed by atoms with Gasteiger partial charge < -0.3 is 10.4 Å². The molecule has 1 unspecified atom stereocenters. The van der Waals surface area contributed by atoms with Crippen molar-refractivity contribution in [1.29, 1.82) is 0 Å². The lowest BCUT2D eigenvalue weighted by Crippen LogP contribution is -2.39. The zero-order valence-electron chi connectivity index (χ0n) is 9.31. The largest absolute Gasteiger partial charge is 0.388 e. The molecular weight excluding hydrogens is 280 g/mol. The molecule has 0 amide bonds. The van der Waals surface area contributed by atoms with E-state index in [1.54, 1.807) is 20.8 Å². The quantitative estimate of drug-likeness (QED) is 0.838. The van der Waals surface area contributed by atoms with E-state index in [0.717, 1.165) is 12.1 Å². The Balaban J connectivity index is 2.94. The van der Waals surface area contributed by atoms with Crippen LogP contribution in [0.3, 0.4) is 0 Å². The average Bonchev–Trinajstić information content (AvgIpc) is 2.12. The van der Waals surface area contributed by atoms with Crippen LogP contribution >= 0.6 is 15.9 Å². The molecule has 0 bridgehead atoms. The fourth-order valence-electron chi connectivity index (χ4n) is 1.04. The van der Waals surface area contributed by atoms with E-state index in [-0.39, 0.29) is 10.2 Å². The van der Waals surface area contributed by atoms with E-state index < -0.39 is 23.3 Å². The molecule has 0 spiro atoms. The first-order chi connectivity index (χ1) is 7.21. The van der Waals surface area contributed by atoms with Gasteiger partial charge in [0.25, 0.3) is 0 Å². The Labute approximate surface area is 102 Å². The van der Waals surface area contributed by atoms with Gasteiger partial charge in [-0.05, 0) is 42.8 Å². The number of benzene rings is 1. The second kappa shape index (κ2) is 4.67. The summed E-state index contributed by atoms with van der Waals surface area (Å²) in [7, 11) is 0. The number of aliphatic hydroxyl groups is 1. The van der Waals surface area contributed by atoms with Crippen LogP contribution in [0.4, 0.5) is 14.5 Å². The van der Waals surface area contributed by atoms with Gasteiger partial charge in [-0.3, -0.25) is 0 Å². The number of hydrogen-bond donors (Lipinski definition) is 2. The molecule has 16 heavy (non-hydrogen) atoms. The molecule has 0 radical (unpaired) electrons. The summed E-state index contributed by atoms with van der Waals surface area (Å²) >= 11 is 2.89. The van der Waals surface area contributed by atoms with E-state index in [4.69, 9.17) is 0 Å². The Kier molecular flexibility index (Phi) is 3.91. The predicted molar refractivity (Wildman–Crippen MR) is 63.4 cm³/mol. The molecule has 0 fully saturated rings. The summed E-state index contributed by atoms with van der Waals surface area (Å²) in [6.07, 6.45) is 0. The molecule has 1 aromatic carbocycles. The molecule has 90 valence electrons. The van der Waals surface area contributed by atoms with Crippen LogP contribution in [-0.4, -0.2) is 16.7 Å². The van der Waals surface area contributed by atoms with E-state index in [0.29, 0.717) is 0 Å². The van der Waals surface area contributed by atoms with Gasteiger partial charge in [0.2, 0.25) is 0 Å². The second-order valence-electron chi connectivity index (χ2n) is 4.27. The van der Waals surface area contributed by atoms with Crippen molar-refractivity contribution in [2.45, 2.75) is 32.4 Å². The van der Waals surface area contributed by atoms with E-state index >= 15 is 0 Å². The minimum atomic E-state index is -1.02. The van der Waals surface area contributed by atoms with Crippen molar-refractivity contribution >= 4 is 21.6 Å². The van der Waals surface area contributed by atoms with Gasteiger partial charge in [-0.25, -0.2) is 8.78 Å². The molecule has 0 aromatic heterocycles. The van der Waals surface area contributed by atoms with Gasteiger partial charge in [-0.15, -0.1) is 0 Å². The van der Waals surface area contributed by atoms with Crippen LogP contribution < -0.4 is 5.32 Å². The van der Waals surface area contributed by atoms with Crippen molar-refractivity contribution in [2.75, 3.05) is 5.32 Å². The highest BCUT2D eigenvalue weighted by Gasteiger charge is 2.23. The molecule has 0 saturated carbocycles. The van der Waals surface area contributed by atoms with Crippen molar-refractivity contribution in [1.82, 2.24) is 0 Å². The third kappa shape index (κ3) is 3.15. The van der Waals surface area contributed by atoms with Gasteiger partial charge in [0.05, 0.1) is 21.8 Å². The fourth-order valence-corrected chi connectivity index (χ4v) is 1.36. The van der Waals surface area contributed by atoms with Crippen molar-refractivity contribution in [2.24, 2.45) is 0 Å². The van der Waals surface area contributed by atoms with Gasteiger partial charge in [0.1, 0.15) is 11.6 Å². The Morgan fingerprint density at radius 3 is 2.38 bits per heavy atom. The molecule has 2 N–H and O–H groups in total. The number of hydrogen-bond acceptors (Lipinski definition) is 2. The summed E-state index contributed by atoms with van der Waals surface area (Å²) in [5.41, 5.74) is -0.981. The number of nitrogens with one attached hydrogen (secondary N) is 1. The SMILES string of the molecule is CC(Nc1cc(F)c(Br)cc1F)C(C)(C)O. The standard InChI is InChI=1S/C11H14BrF2NO/c1-6(11(2,3)16)15-10-5-8(13)7(12)4-9(10)14/h4-6,15-16H,1-3H3. The van der Waals surface area contributed by atoms with Crippen molar-refractivity contribution in [3.63, 3.8) is 0 Å². The van der Waals surface area contributed by atoms with Gasteiger partial charge >= 0.3 is 0 Å². The topological polar surface area (TPSA) is 32.3 Å². The van der Waals surface area contributed by atoms with Crippen molar-refractivity contribution in [3.8, 4) is 0 Å². The summed E-state index contributed by atoms with van der Waals surface area (Å²) in [4.78, 5) is 0. The molecule has 0 saturated heterocycles. The van der Waals surface area contributed by atoms with Crippen molar-refractivity contribution in [3.05, 3.63) is 28.2 Å². The highest BCUT2D eigenvalue weighted by molar-refractivity contribution is 9.10. The first kappa shape index (κ1) is 13.4. The smallest absolute Gasteiger partial charge is 0.147 e. The molecule has 2 nitrogen and oxygen atoms in total. The van der Waals surface area contributed by atoms with Crippen LogP contribution in [-0.2, 0) is 0 Å². The summed E-state index contributed by atoms with van der Waals surface area (Å²) in [5, 5.41) is 12.4. The number of anilines is 1. The van der Waals surface area contributed by atoms with Gasteiger partial charge in [0, 0.05) is 6.07 Å². The van der Waals surface area contributed by atoms with Crippen LogP contribution in [0.25, 0.3) is 0 Å². The maximum absolute atomic E-state index is 13.4. The Morgan fingerprint density at radius 2 is 1.88 bits per heavy atom. The molecule has 5 heteroatoms. The summed E-state index contributed by atoms with van der Waals surface area (Å²) in [6, 6.07) is 1.71. The second-order valence-corrected chi connectivity index (χ2v) is 5.12. The molecular formula is C11H14BrF2NO. The average molecular weight is 294 g/mol. The molecule has 1 rings (SSSR count). The van der Waals surface area contributed by atoms with Crippen LogP contribution in [0.1, 0.15) is 20.8 Å². The van der Waals surface area contributed by atoms with Crippen LogP contribution in [0.15, 0.2) is 16.6 Å². The highest BCUT2D eigenvalue weighted by atomic mass is 79.9. The maximum atomic E-state index is 13.4. The third-order valence-corrected chi connectivity index (χ3v) is 3.05. The van der Waals surface area contributed by atoms with Crippen LogP contribution in [0.2, 0.25) is 0 Å². The summed E-state index contributed by atoms with van der Waals surface area (Å²) in [6.45, 7) is 4.88. The zero-order chi connectivity index (χ0) is 12.5. The molecule has 1 aromatic rings. The van der Waals surface area contributed by atoms with Gasteiger partial charge in [-0.1, -0.05) is 0 Å². The normalized spacial score (nSPS) is 13.7. The first-order valence-electron chi connectivity index (χ1n) is 4.85. The lowest BCUT2D eigenvalue weighted by atomic mass is 10.0. The Morgan fingerprint density at radius 1 is 1.31 bits per heavy atom. The van der Waals surface area contributed by atoms with Gasteiger partial charge in [0.15, 0.2) is 0 Å². The Hall–Kier alpha value is -0.680. The molecule has 0 aliphatic heterocycles. The van der Waals surface area contributed by atoms with E-state index in [1.807, 2.05) is 0 Å². The summed E-state index contributed by atoms with van der Waals surface area (Å²) in [5.74, 6) is -1.11. The Bertz CT molecular complexity index is 390. The molecule has 0 heterocycles. The summed E-state index contributed by atoms with van der Waals surface area (Å²) < 4.78 is 26.7. The van der Waals surface area contributed by atoms with Crippen LogP contribution in [0, 0.1) is 11.6 Å². The lowest BCUT2D eigenvalue weighted by Gasteiger charge is -2.27. The molecule has 0 aliphatic rings. The van der Waals surface area contributed by atoms with E-state index in [1.165, 1.54) is 0 Å². The molecule has 1 atom stereocenters. The highest BCUT2D eigenvalue weighted by Crippen LogP contribution is 2.25. The number of rotatable bonds is 3. The minimum Gasteiger partial charge on any atom is -0.388 e. The maximum Gasteiger partial charge on any atom is 0.147 e. The van der Waals surface area contributed by atoms with E-state index in [2.05, 4.69) is 21.2 Å². The number of halogens is 3. The lowest BCUT2D eigenvalue weighted by molar-refractivity contribution is 0.0648. The van der Waals surface area contributed by atoms with E-state index in [9.17, 15) is 13.9 Å². The molecule has 0 aliphatic carbocycles. The first-order valence-corrected chi connectivity index (χ1v) is 5.64.